The largest absolute Gasteiger partial charge is 0.477 e. The average molecular weight is 1150 g/mol. The lowest BCUT2D eigenvalue weighted by Crippen LogP contribution is -2.70. The van der Waals surface area contributed by atoms with Crippen molar-refractivity contribution in [2.75, 3.05) is 26.4 Å². The number of carbonyl (C=O) groups excluding carboxylic acids is 2. The Hall–Kier alpha value is -2.53. The zero-order chi connectivity index (χ0) is 59.0. The topological polar surface area (TPSA) is 373 Å². The van der Waals surface area contributed by atoms with Crippen molar-refractivity contribution in [2.45, 2.75) is 304 Å². The van der Waals surface area contributed by atoms with Gasteiger partial charge < -0.3 is 100 Å². The summed E-state index contributed by atoms with van der Waals surface area (Å²) in [6.07, 6.45) is 2.97. The lowest BCUT2D eigenvalue weighted by Gasteiger charge is -2.50. The molecular formula is C57H104N2O21. The van der Waals surface area contributed by atoms with E-state index < -0.39 is 155 Å². The van der Waals surface area contributed by atoms with Gasteiger partial charge in [-0.3, -0.25) is 9.59 Å². The van der Waals surface area contributed by atoms with Gasteiger partial charge in [0, 0.05) is 19.8 Å². The van der Waals surface area contributed by atoms with Gasteiger partial charge in [0.1, 0.15) is 67.1 Å². The number of nitrogens with one attached hydrogen (secondary N) is 2. The predicted octanol–water partition coefficient (Wildman–Crippen LogP) is 2.39. The molecule has 3 saturated heterocycles. The van der Waals surface area contributed by atoms with Crippen LogP contribution in [0.4, 0.5) is 0 Å². The van der Waals surface area contributed by atoms with Gasteiger partial charge in [-0.2, -0.15) is 0 Å². The maximum absolute atomic E-state index is 13.3. The summed E-state index contributed by atoms with van der Waals surface area (Å²) in [6, 6.07) is -2.61. The van der Waals surface area contributed by atoms with Gasteiger partial charge in [0.05, 0.1) is 50.7 Å². The zero-order valence-electron chi connectivity index (χ0n) is 47.9. The maximum Gasteiger partial charge on any atom is 0.364 e. The van der Waals surface area contributed by atoms with Crippen molar-refractivity contribution in [3.63, 3.8) is 0 Å². The van der Waals surface area contributed by atoms with Crippen LogP contribution in [0.15, 0.2) is 12.2 Å². The van der Waals surface area contributed by atoms with Crippen LogP contribution in [0.25, 0.3) is 0 Å². The number of aliphatic carboxylic acids is 1. The molecule has 0 aromatic heterocycles. The predicted molar refractivity (Wildman–Crippen MR) is 292 cm³/mol. The van der Waals surface area contributed by atoms with Crippen molar-refractivity contribution in [1.82, 2.24) is 10.6 Å². The van der Waals surface area contributed by atoms with Gasteiger partial charge in [-0.1, -0.05) is 167 Å². The molecule has 2 amide bonds. The van der Waals surface area contributed by atoms with E-state index in [1.165, 1.54) is 103 Å². The second-order valence-electron chi connectivity index (χ2n) is 22.2. The molecule has 0 bridgehead atoms. The highest BCUT2D eigenvalue weighted by Crippen LogP contribution is 2.38. The highest BCUT2D eigenvalue weighted by atomic mass is 16.8. The van der Waals surface area contributed by atoms with E-state index >= 15 is 0 Å². The number of unbranched alkanes of at least 4 members (excludes halogenated alkanes) is 23. The summed E-state index contributed by atoms with van der Waals surface area (Å²) in [5.41, 5.74) is 0. The number of carbonyl (C=O) groups is 3. The van der Waals surface area contributed by atoms with E-state index in [0.717, 1.165) is 51.9 Å². The molecule has 0 aliphatic carbocycles. The molecule has 80 heavy (non-hydrogen) atoms. The zero-order valence-corrected chi connectivity index (χ0v) is 47.9. The quantitative estimate of drug-likeness (QED) is 0.0308. The first kappa shape index (κ1) is 71.7. The van der Waals surface area contributed by atoms with E-state index in [9.17, 15) is 75.7 Å². The number of aliphatic hydroxyl groups is 11. The van der Waals surface area contributed by atoms with E-state index in [1.807, 2.05) is 6.08 Å². The van der Waals surface area contributed by atoms with Crippen molar-refractivity contribution in [2.24, 2.45) is 0 Å². The van der Waals surface area contributed by atoms with Gasteiger partial charge in [-0.25, -0.2) is 4.79 Å². The molecule has 3 fully saturated rings. The van der Waals surface area contributed by atoms with Crippen molar-refractivity contribution in [3.8, 4) is 0 Å². The normalized spacial score (nSPS) is 30.7. The summed E-state index contributed by atoms with van der Waals surface area (Å²) >= 11 is 0. The molecule has 0 aromatic rings. The second-order valence-corrected chi connectivity index (χ2v) is 22.2. The molecule has 18 unspecified atom stereocenters. The number of hydrogen-bond acceptors (Lipinski definition) is 20. The van der Waals surface area contributed by atoms with Crippen LogP contribution in [0.3, 0.4) is 0 Å². The summed E-state index contributed by atoms with van der Waals surface area (Å²) in [5, 5.41) is 135. The molecule has 0 spiro atoms. The Kier molecular flexibility index (Phi) is 35.8. The number of carboxylic acid groups (broad SMARTS) is 1. The summed E-state index contributed by atoms with van der Waals surface area (Å²) in [4.78, 5) is 38.3. The lowest BCUT2D eigenvalue weighted by atomic mass is 9.88. The smallest absolute Gasteiger partial charge is 0.364 e. The van der Waals surface area contributed by atoms with Crippen molar-refractivity contribution < 1.29 is 104 Å². The lowest BCUT2D eigenvalue weighted by molar-refractivity contribution is -0.386. The van der Waals surface area contributed by atoms with Crippen LogP contribution in [0, 0.1) is 0 Å². The first-order chi connectivity index (χ1) is 38.4. The summed E-state index contributed by atoms with van der Waals surface area (Å²) < 4.78 is 34.6. The fraction of sp³-hybridized carbons (Fsp3) is 0.912. The van der Waals surface area contributed by atoms with E-state index in [1.54, 1.807) is 6.08 Å². The molecule has 3 aliphatic rings. The monoisotopic (exact) mass is 1150 g/mol. The van der Waals surface area contributed by atoms with Gasteiger partial charge in [-0.15, -0.1) is 0 Å². The maximum atomic E-state index is 13.3. The minimum Gasteiger partial charge on any atom is -0.477 e. The van der Waals surface area contributed by atoms with Crippen LogP contribution in [-0.4, -0.2) is 215 Å². The molecule has 0 aromatic carbocycles. The molecule has 3 heterocycles. The Morgan fingerprint density at radius 3 is 1.66 bits per heavy atom. The first-order valence-electron chi connectivity index (χ1n) is 30.1. The number of allylic oxidation sites excluding steroid dienone is 1. The van der Waals surface area contributed by atoms with E-state index in [4.69, 9.17) is 28.4 Å². The van der Waals surface area contributed by atoms with Crippen LogP contribution in [0.5, 0.6) is 0 Å². The summed E-state index contributed by atoms with van der Waals surface area (Å²) in [5.74, 6) is -6.14. The van der Waals surface area contributed by atoms with Crippen LogP contribution in [-0.2, 0) is 42.8 Å². The number of ether oxygens (including phenoxy) is 6. The molecule has 3 aliphatic heterocycles. The van der Waals surface area contributed by atoms with Gasteiger partial charge >= 0.3 is 5.97 Å². The third-order valence-corrected chi connectivity index (χ3v) is 15.5. The Bertz CT molecular complexity index is 1700. The highest BCUT2D eigenvalue weighted by molar-refractivity contribution is 5.77. The first-order valence-corrected chi connectivity index (χ1v) is 30.1. The van der Waals surface area contributed by atoms with Gasteiger partial charge in [-0.05, 0) is 19.3 Å². The van der Waals surface area contributed by atoms with Gasteiger partial charge in [0.15, 0.2) is 12.6 Å². The fourth-order valence-corrected chi connectivity index (χ4v) is 10.6. The standard InChI is InChI=1S/C57H104N2O21/c1-4-6-8-10-12-14-16-17-18-19-20-21-23-25-27-29-31-44(67)59-38(39(64)30-28-26-24-22-15-13-11-9-7-5-2)36-75-54-49(71)48(70)51(43(35-62)77-54)78-55-50(72)53(47(69)42(34-61)76-55)80-57(56(73)74)32-40(65)45(58-37(3)63)52(79-57)46(68)41(66)33-60/h28,30,38-43,45-55,60-62,64-66,68-72H,4-27,29,31-36H2,1-3H3,(H,58,63)(H,59,67)(H,73,74)/b30-28+. The van der Waals surface area contributed by atoms with Crippen molar-refractivity contribution in [1.29, 1.82) is 0 Å². The van der Waals surface area contributed by atoms with Crippen LogP contribution >= 0.6 is 0 Å². The average Bonchev–Trinajstić information content (AvgIpc) is 3.44. The second kappa shape index (κ2) is 39.9. The minimum absolute atomic E-state index is 0.204. The van der Waals surface area contributed by atoms with Gasteiger partial charge in [0.25, 0.3) is 5.79 Å². The van der Waals surface area contributed by atoms with Crippen LogP contribution in [0.1, 0.15) is 194 Å². The molecule has 468 valence electrons. The molecule has 23 heteroatoms. The van der Waals surface area contributed by atoms with Crippen LogP contribution < -0.4 is 10.6 Å². The number of hydrogen-bond donors (Lipinski definition) is 14. The molecule has 3 rings (SSSR count). The molecule has 23 nitrogen and oxygen atoms in total. The third-order valence-electron chi connectivity index (χ3n) is 15.5. The molecule has 18 atom stereocenters. The Labute approximate surface area is 473 Å². The molecule has 0 radical (unpaired) electrons. The number of aliphatic hydroxyl groups excluding tert-OH is 11. The molecule has 0 saturated carbocycles. The Balaban J connectivity index is 1.66. The summed E-state index contributed by atoms with van der Waals surface area (Å²) in [6.45, 7) is 2.07. The van der Waals surface area contributed by atoms with Crippen LogP contribution in [0.2, 0.25) is 0 Å². The number of carboxylic acids is 1. The SMILES string of the molecule is CCCCCCCCCC/C=C/C(O)C(COC1OC(CO)C(OC2OC(CO)C(O)C(OC3(C(=O)O)CC(O)C(NC(C)=O)C(C(O)C(O)CO)O3)C2O)C(O)C1O)NC(=O)CCCCCCCCCCCCCCCCCC. The Morgan fingerprint density at radius 2 is 1.16 bits per heavy atom. The summed E-state index contributed by atoms with van der Waals surface area (Å²) in [7, 11) is 0. The van der Waals surface area contributed by atoms with E-state index in [2.05, 4.69) is 24.5 Å². The molecular weight excluding hydrogens is 1050 g/mol. The highest BCUT2D eigenvalue weighted by Gasteiger charge is 2.60. The third kappa shape index (κ3) is 24.2. The van der Waals surface area contributed by atoms with Gasteiger partial charge in [0.2, 0.25) is 11.8 Å². The van der Waals surface area contributed by atoms with E-state index in [0.29, 0.717) is 12.8 Å². The fourth-order valence-electron chi connectivity index (χ4n) is 10.6. The minimum atomic E-state index is -3.08. The Morgan fingerprint density at radius 1 is 0.650 bits per heavy atom. The van der Waals surface area contributed by atoms with Crippen molar-refractivity contribution in [3.05, 3.63) is 12.2 Å². The number of amides is 2. The van der Waals surface area contributed by atoms with Crippen molar-refractivity contribution >= 4 is 17.8 Å². The molecule has 14 N–H and O–H groups in total. The van der Waals surface area contributed by atoms with E-state index in [-0.39, 0.29) is 12.3 Å². The number of rotatable bonds is 43.